The molecule has 3 nitrogen and oxygen atoms in total. The van der Waals surface area contributed by atoms with Gasteiger partial charge in [-0.2, -0.15) is 0 Å². The van der Waals surface area contributed by atoms with Crippen molar-refractivity contribution in [2.75, 3.05) is 57.8 Å². The highest BCUT2D eigenvalue weighted by molar-refractivity contribution is 5.56. The van der Waals surface area contributed by atoms with Crippen molar-refractivity contribution in [3.8, 4) is 0 Å². The molecule has 0 N–H and O–H groups in total. The third-order valence-electron chi connectivity index (χ3n) is 5.68. The fourth-order valence-corrected chi connectivity index (χ4v) is 4.04. The van der Waals surface area contributed by atoms with E-state index in [4.69, 9.17) is 0 Å². The number of likely N-dealkylation sites (N-methyl/N-ethyl adjacent to an activating group) is 1. The molecule has 24 heavy (non-hydrogen) atoms. The number of aryl methyl sites for hydroxylation is 2. The van der Waals surface area contributed by atoms with Crippen LogP contribution in [0.2, 0.25) is 0 Å². The number of anilines is 1. The van der Waals surface area contributed by atoms with E-state index in [1.807, 2.05) is 0 Å². The van der Waals surface area contributed by atoms with Crippen LogP contribution in [0, 0.1) is 0 Å². The fraction of sp³-hybridized carbons (Fsp3) is 0.714. The molecule has 0 aliphatic carbocycles. The summed E-state index contributed by atoms with van der Waals surface area (Å²) in [4.78, 5) is 7.67. The van der Waals surface area contributed by atoms with Gasteiger partial charge in [0.25, 0.3) is 0 Å². The van der Waals surface area contributed by atoms with E-state index in [2.05, 4.69) is 46.9 Å². The summed E-state index contributed by atoms with van der Waals surface area (Å²) in [7, 11) is 2.23. The third-order valence-corrected chi connectivity index (χ3v) is 5.68. The maximum atomic E-state index is 2.63. The van der Waals surface area contributed by atoms with Crippen molar-refractivity contribution in [3.05, 3.63) is 29.3 Å². The van der Waals surface area contributed by atoms with Gasteiger partial charge in [-0.15, -0.1) is 0 Å². The minimum atomic E-state index is 1.23. The minimum Gasteiger partial charge on any atom is -0.371 e. The number of fused-ring (bicyclic) bond motifs is 1. The van der Waals surface area contributed by atoms with Gasteiger partial charge in [-0.1, -0.05) is 25.5 Å². The van der Waals surface area contributed by atoms with Gasteiger partial charge in [0.15, 0.2) is 0 Å². The molecule has 3 rings (SSSR count). The predicted molar refractivity (Wildman–Crippen MR) is 104 cm³/mol. The summed E-state index contributed by atoms with van der Waals surface area (Å²) in [6, 6.07) is 7.28. The van der Waals surface area contributed by atoms with Crippen LogP contribution < -0.4 is 4.90 Å². The molecule has 2 heterocycles. The highest BCUT2D eigenvalue weighted by Gasteiger charge is 2.17. The molecule has 1 fully saturated rings. The molecule has 0 atom stereocenters. The van der Waals surface area contributed by atoms with Crippen molar-refractivity contribution in [1.29, 1.82) is 0 Å². The lowest BCUT2D eigenvalue weighted by Crippen LogP contribution is -2.44. The molecule has 0 aromatic heterocycles. The average molecular weight is 330 g/mol. The van der Waals surface area contributed by atoms with Crippen molar-refractivity contribution in [2.45, 2.75) is 45.4 Å². The normalized spacial score (nSPS) is 19.5. The second kappa shape index (κ2) is 8.87. The molecule has 0 spiro atoms. The first-order valence-corrected chi connectivity index (χ1v) is 10.0. The predicted octanol–water partition coefficient (Wildman–Crippen LogP) is 3.42. The molecular formula is C21H35N3. The smallest absolute Gasteiger partial charge is 0.0398 e. The Morgan fingerprint density at radius 1 is 0.958 bits per heavy atom. The zero-order valence-electron chi connectivity index (χ0n) is 15.8. The largest absolute Gasteiger partial charge is 0.371 e. The van der Waals surface area contributed by atoms with E-state index < -0.39 is 0 Å². The molecule has 0 unspecified atom stereocenters. The lowest BCUT2D eigenvalue weighted by atomic mass is 9.97. The van der Waals surface area contributed by atoms with Gasteiger partial charge in [-0.05, 0) is 62.9 Å². The number of unbranched alkanes of at least 4 members (excludes halogenated alkanes) is 1. The lowest BCUT2D eigenvalue weighted by Gasteiger charge is -2.32. The van der Waals surface area contributed by atoms with Crippen LogP contribution >= 0.6 is 0 Å². The molecule has 1 aromatic rings. The number of hydrogen-bond acceptors (Lipinski definition) is 3. The zero-order valence-corrected chi connectivity index (χ0v) is 15.8. The Hall–Kier alpha value is -1.06. The van der Waals surface area contributed by atoms with Crippen molar-refractivity contribution in [1.82, 2.24) is 9.80 Å². The second-order valence-corrected chi connectivity index (χ2v) is 7.66. The first-order valence-electron chi connectivity index (χ1n) is 10.0. The summed E-state index contributed by atoms with van der Waals surface area (Å²) < 4.78 is 0. The first-order chi connectivity index (χ1) is 11.8. The Morgan fingerprint density at radius 3 is 2.58 bits per heavy atom. The van der Waals surface area contributed by atoms with E-state index in [0.717, 1.165) is 0 Å². The highest BCUT2D eigenvalue weighted by atomic mass is 15.2. The summed E-state index contributed by atoms with van der Waals surface area (Å²) in [6.45, 7) is 11.0. The molecule has 0 amide bonds. The number of nitrogens with zero attached hydrogens (tertiary/aromatic N) is 3. The SMILES string of the molecule is CCCCN1CCCc2cc(CCCN3CCN(C)CC3)ccc21. The van der Waals surface area contributed by atoms with Gasteiger partial charge in [-0.3, -0.25) is 0 Å². The Bertz CT molecular complexity index is 506. The molecule has 1 aromatic carbocycles. The first kappa shape index (κ1) is 17.8. The lowest BCUT2D eigenvalue weighted by molar-refractivity contribution is 0.153. The Balaban J connectivity index is 1.50. The van der Waals surface area contributed by atoms with Crippen LogP contribution in [0.3, 0.4) is 0 Å². The van der Waals surface area contributed by atoms with Crippen molar-refractivity contribution in [2.24, 2.45) is 0 Å². The molecule has 134 valence electrons. The van der Waals surface area contributed by atoms with Gasteiger partial charge < -0.3 is 14.7 Å². The van der Waals surface area contributed by atoms with Gasteiger partial charge in [0.2, 0.25) is 0 Å². The molecule has 0 bridgehead atoms. The second-order valence-electron chi connectivity index (χ2n) is 7.66. The maximum absolute atomic E-state index is 2.63. The van der Waals surface area contributed by atoms with E-state index in [9.17, 15) is 0 Å². The van der Waals surface area contributed by atoms with E-state index in [1.54, 1.807) is 11.1 Å². The van der Waals surface area contributed by atoms with Crippen LogP contribution in [-0.4, -0.2) is 62.7 Å². The summed E-state index contributed by atoms with van der Waals surface area (Å²) in [6.07, 6.45) is 7.71. The average Bonchev–Trinajstić information content (AvgIpc) is 2.61. The van der Waals surface area contributed by atoms with E-state index in [1.165, 1.54) is 90.0 Å². The summed E-state index contributed by atoms with van der Waals surface area (Å²) in [5.74, 6) is 0. The van der Waals surface area contributed by atoms with Crippen LogP contribution in [0.5, 0.6) is 0 Å². The Kier molecular flexibility index (Phi) is 6.56. The van der Waals surface area contributed by atoms with Crippen molar-refractivity contribution in [3.63, 3.8) is 0 Å². The van der Waals surface area contributed by atoms with Crippen LogP contribution in [0.15, 0.2) is 18.2 Å². The molecule has 3 heteroatoms. The summed E-state index contributed by atoms with van der Waals surface area (Å²) in [5, 5.41) is 0. The topological polar surface area (TPSA) is 9.72 Å². The van der Waals surface area contributed by atoms with Crippen molar-refractivity contribution < 1.29 is 0 Å². The highest BCUT2D eigenvalue weighted by Crippen LogP contribution is 2.28. The zero-order chi connectivity index (χ0) is 16.8. The molecule has 0 saturated carbocycles. The number of hydrogen-bond donors (Lipinski definition) is 0. The van der Waals surface area contributed by atoms with E-state index >= 15 is 0 Å². The molecule has 2 aliphatic rings. The number of benzene rings is 1. The van der Waals surface area contributed by atoms with Gasteiger partial charge in [0, 0.05) is 45.0 Å². The maximum Gasteiger partial charge on any atom is 0.0398 e. The minimum absolute atomic E-state index is 1.23. The number of piperazine rings is 1. The number of rotatable bonds is 7. The van der Waals surface area contributed by atoms with Crippen LogP contribution in [0.4, 0.5) is 5.69 Å². The molecular weight excluding hydrogens is 294 g/mol. The standard InChI is InChI=1S/C21H35N3/c1-3-4-12-24-13-6-8-20-18-19(9-10-21(20)24)7-5-11-23-16-14-22(2)15-17-23/h9-10,18H,3-8,11-17H2,1-2H3. The van der Waals surface area contributed by atoms with E-state index in [-0.39, 0.29) is 0 Å². The van der Waals surface area contributed by atoms with Crippen LogP contribution in [-0.2, 0) is 12.8 Å². The van der Waals surface area contributed by atoms with Crippen molar-refractivity contribution >= 4 is 5.69 Å². The summed E-state index contributed by atoms with van der Waals surface area (Å²) >= 11 is 0. The Morgan fingerprint density at radius 2 is 1.79 bits per heavy atom. The van der Waals surface area contributed by atoms with Gasteiger partial charge >= 0.3 is 0 Å². The fourth-order valence-electron chi connectivity index (χ4n) is 4.04. The van der Waals surface area contributed by atoms with Crippen LogP contribution in [0.25, 0.3) is 0 Å². The third kappa shape index (κ3) is 4.73. The summed E-state index contributed by atoms with van der Waals surface area (Å²) in [5.41, 5.74) is 4.65. The van der Waals surface area contributed by atoms with Gasteiger partial charge in [0.1, 0.15) is 0 Å². The molecule has 2 aliphatic heterocycles. The molecule has 1 saturated heterocycles. The monoisotopic (exact) mass is 329 g/mol. The van der Waals surface area contributed by atoms with Gasteiger partial charge in [-0.25, -0.2) is 0 Å². The molecule has 0 radical (unpaired) electrons. The Labute approximate surface area is 148 Å². The van der Waals surface area contributed by atoms with Crippen LogP contribution in [0.1, 0.15) is 43.7 Å². The quantitative estimate of drug-likeness (QED) is 0.759. The van der Waals surface area contributed by atoms with E-state index in [0.29, 0.717) is 0 Å². The van der Waals surface area contributed by atoms with Gasteiger partial charge in [0.05, 0.1) is 0 Å².